The molecule has 1 aromatic heterocycles. The van der Waals surface area contributed by atoms with Gasteiger partial charge in [-0.3, -0.25) is 14.3 Å². The third-order valence-corrected chi connectivity index (χ3v) is 3.86. The van der Waals surface area contributed by atoms with Gasteiger partial charge < -0.3 is 11.1 Å². The van der Waals surface area contributed by atoms with Gasteiger partial charge in [-0.2, -0.15) is 5.10 Å². The van der Waals surface area contributed by atoms with Gasteiger partial charge in [-0.05, 0) is 30.0 Å². The Morgan fingerprint density at radius 2 is 2.27 bits per heavy atom. The van der Waals surface area contributed by atoms with Crippen molar-refractivity contribution in [2.75, 3.05) is 5.32 Å². The molecule has 114 valence electrons. The Kier molecular flexibility index (Phi) is 3.85. The molecular weight excluding hydrogens is 304 g/mol. The quantitative estimate of drug-likeness (QED) is 0.880. The molecule has 0 aliphatic heterocycles. The van der Waals surface area contributed by atoms with Crippen molar-refractivity contribution in [1.82, 2.24) is 9.78 Å². The van der Waals surface area contributed by atoms with Gasteiger partial charge in [0.25, 0.3) is 0 Å². The molecule has 1 aromatic carbocycles. The lowest BCUT2D eigenvalue weighted by Gasteiger charge is -2.03. The lowest BCUT2D eigenvalue weighted by molar-refractivity contribution is -0.119. The Morgan fingerprint density at radius 3 is 3.00 bits per heavy atom. The fraction of sp³-hybridized carbons (Fsp3) is 0.267. The van der Waals surface area contributed by atoms with Crippen LogP contribution in [-0.4, -0.2) is 21.6 Å². The molecule has 3 rings (SSSR count). The smallest absolute Gasteiger partial charge is 0.239 e. The number of benzene rings is 1. The summed E-state index contributed by atoms with van der Waals surface area (Å²) in [5.41, 5.74) is 6.73. The summed E-state index contributed by atoms with van der Waals surface area (Å²) >= 11 is 5.97. The van der Waals surface area contributed by atoms with Gasteiger partial charge in [-0.1, -0.05) is 23.7 Å². The number of amides is 2. The topological polar surface area (TPSA) is 90.0 Å². The van der Waals surface area contributed by atoms with E-state index in [9.17, 15) is 9.59 Å². The molecule has 0 bridgehead atoms. The fourth-order valence-corrected chi connectivity index (χ4v) is 2.70. The van der Waals surface area contributed by atoms with E-state index in [4.69, 9.17) is 17.3 Å². The van der Waals surface area contributed by atoms with Crippen LogP contribution in [0.25, 0.3) is 0 Å². The molecule has 3 N–H and O–H groups in total. The number of rotatable bonds is 5. The highest BCUT2D eigenvalue weighted by atomic mass is 35.5. The van der Waals surface area contributed by atoms with Gasteiger partial charge in [0, 0.05) is 17.1 Å². The average Bonchev–Trinajstić information content (AvgIpc) is 3.15. The third kappa shape index (κ3) is 3.28. The van der Waals surface area contributed by atoms with Crippen LogP contribution in [-0.2, 0) is 16.1 Å². The summed E-state index contributed by atoms with van der Waals surface area (Å²) in [5, 5.41) is 7.44. The molecule has 0 saturated heterocycles. The number of anilines is 1. The second-order valence-corrected chi connectivity index (χ2v) is 5.82. The lowest BCUT2D eigenvalue weighted by atomic mass is 10.1. The highest BCUT2D eigenvalue weighted by molar-refractivity contribution is 6.30. The van der Waals surface area contributed by atoms with Crippen LogP contribution in [0.15, 0.2) is 36.7 Å². The molecule has 1 fully saturated rings. The fourth-order valence-electron chi connectivity index (χ4n) is 2.50. The predicted molar refractivity (Wildman–Crippen MR) is 82.4 cm³/mol. The third-order valence-electron chi connectivity index (χ3n) is 3.62. The normalized spacial score (nSPS) is 19.7. The number of nitrogens with zero attached hydrogens (tertiary/aromatic N) is 2. The number of carbonyl (C=O) groups excluding carboxylic acids is 2. The number of nitrogens with one attached hydrogen (secondary N) is 1. The Bertz CT molecular complexity index is 728. The van der Waals surface area contributed by atoms with Crippen molar-refractivity contribution in [3.8, 4) is 0 Å². The highest BCUT2D eigenvalue weighted by Gasteiger charge is 2.44. The molecule has 22 heavy (non-hydrogen) atoms. The van der Waals surface area contributed by atoms with Crippen LogP contribution in [0.5, 0.6) is 0 Å². The minimum Gasteiger partial charge on any atom is -0.368 e. The molecule has 1 aliphatic rings. The van der Waals surface area contributed by atoms with E-state index in [1.54, 1.807) is 6.20 Å². The van der Waals surface area contributed by atoms with Crippen molar-refractivity contribution in [1.29, 1.82) is 0 Å². The van der Waals surface area contributed by atoms with E-state index in [-0.39, 0.29) is 24.3 Å². The van der Waals surface area contributed by atoms with Gasteiger partial charge in [0.1, 0.15) is 6.54 Å². The van der Waals surface area contributed by atoms with Gasteiger partial charge in [0.2, 0.25) is 11.8 Å². The molecule has 0 spiro atoms. The van der Waals surface area contributed by atoms with E-state index in [2.05, 4.69) is 10.4 Å². The first kappa shape index (κ1) is 14.6. The summed E-state index contributed by atoms with van der Waals surface area (Å²) in [6, 6.07) is 7.58. The lowest BCUT2D eigenvalue weighted by Crippen LogP contribution is -2.19. The summed E-state index contributed by atoms with van der Waals surface area (Å²) < 4.78 is 1.39. The average molecular weight is 319 g/mol. The zero-order chi connectivity index (χ0) is 15.7. The van der Waals surface area contributed by atoms with Crippen LogP contribution in [0.2, 0.25) is 5.02 Å². The van der Waals surface area contributed by atoms with Crippen LogP contribution in [0.4, 0.5) is 5.69 Å². The molecule has 2 amide bonds. The van der Waals surface area contributed by atoms with E-state index in [1.165, 1.54) is 10.9 Å². The van der Waals surface area contributed by atoms with Crippen LogP contribution in [0, 0.1) is 5.92 Å². The van der Waals surface area contributed by atoms with Gasteiger partial charge in [0.15, 0.2) is 0 Å². The van der Waals surface area contributed by atoms with Crippen molar-refractivity contribution >= 4 is 29.1 Å². The Balaban J connectivity index is 1.59. The molecule has 0 radical (unpaired) electrons. The molecule has 2 aromatic rings. The maximum atomic E-state index is 12.2. The first-order chi connectivity index (χ1) is 10.5. The molecule has 1 heterocycles. The number of nitrogens with two attached hydrogens (primary N) is 1. The summed E-state index contributed by atoms with van der Waals surface area (Å²) in [4.78, 5) is 23.0. The molecule has 7 heteroatoms. The van der Waals surface area contributed by atoms with Crippen LogP contribution >= 0.6 is 11.6 Å². The Labute approximate surface area is 132 Å². The Morgan fingerprint density at radius 1 is 1.45 bits per heavy atom. The molecule has 0 unspecified atom stereocenters. The van der Waals surface area contributed by atoms with E-state index >= 15 is 0 Å². The first-order valence-electron chi connectivity index (χ1n) is 6.90. The van der Waals surface area contributed by atoms with Crippen molar-refractivity contribution in [2.45, 2.75) is 18.9 Å². The number of aromatic nitrogens is 2. The standard InChI is InChI=1S/C15H15ClN4O2/c16-10-3-1-2-9(4-10)12-5-13(12)15(22)19-11-6-18-20(7-11)8-14(17)21/h1-4,6-7,12-13H,5,8H2,(H2,17,21)(H,19,22)/t12-,13-/m0/s1. The number of carbonyl (C=O) groups is 2. The molecule has 1 aliphatic carbocycles. The molecule has 6 nitrogen and oxygen atoms in total. The van der Waals surface area contributed by atoms with Gasteiger partial charge in [0.05, 0.1) is 11.9 Å². The highest BCUT2D eigenvalue weighted by Crippen LogP contribution is 2.48. The van der Waals surface area contributed by atoms with Crippen molar-refractivity contribution in [3.05, 3.63) is 47.2 Å². The predicted octanol–water partition coefficient (Wildman–Crippen LogP) is 1.76. The SMILES string of the molecule is NC(=O)Cn1cc(NC(=O)[C@H]2C[C@H]2c2cccc(Cl)c2)cn1. The molecule has 2 atom stereocenters. The second kappa shape index (κ2) is 5.81. The monoisotopic (exact) mass is 318 g/mol. The molecule has 1 saturated carbocycles. The zero-order valence-corrected chi connectivity index (χ0v) is 12.5. The Hall–Kier alpha value is -2.34. The van der Waals surface area contributed by atoms with Crippen molar-refractivity contribution in [2.24, 2.45) is 11.7 Å². The maximum absolute atomic E-state index is 12.2. The van der Waals surface area contributed by atoms with E-state index < -0.39 is 5.91 Å². The number of primary amides is 1. The summed E-state index contributed by atoms with van der Waals surface area (Å²) in [6.45, 7) is -0.00949. The zero-order valence-electron chi connectivity index (χ0n) is 11.7. The maximum Gasteiger partial charge on any atom is 0.239 e. The van der Waals surface area contributed by atoms with Crippen LogP contribution in [0.1, 0.15) is 17.9 Å². The van der Waals surface area contributed by atoms with E-state index in [0.717, 1.165) is 12.0 Å². The van der Waals surface area contributed by atoms with Crippen molar-refractivity contribution < 1.29 is 9.59 Å². The summed E-state index contributed by atoms with van der Waals surface area (Å²) in [7, 11) is 0. The molecular formula is C15H15ClN4O2. The van der Waals surface area contributed by atoms with Crippen molar-refractivity contribution in [3.63, 3.8) is 0 Å². The van der Waals surface area contributed by atoms with Gasteiger partial charge in [-0.25, -0.2) is 0 Å². The summed E-state index contributed by atoms with van der Waals surface area (Å²) in [6.07, 6.45) is 3.89. The van der Waals surface area contributed by atoms with E-state index in [1.807, 2.05) is 24.3 Å². The number of halogens is 1. The minimum absolute atomic E-state index is 0.00949. The number of hydrogen-bond donors (Lipinski definition) is 2. The van der Waals surface area contributed by atoms with Gasteiger partial charge >= 0.3 is 0 Å². The van der Waals surface area contributed by atoms with Crippen LogP contribution in [0.3, 0.4) is 0 Å². The van der Waals surface area contributed by atoms with Gasteiger partial charge in [-0.15, -0.1) is 0 Å². The van der Waals surface area contributed by atoms with Crippen LogP contribution < -0.4 is 11.1 Å². The van der Waals surface area contributed by atoms with E-state index in [0.29, 0.717) is 10.7 Å². The first-order valence-corrected chi connectivity index (χ1v) is 7.28. The largest absolute Gasteiger partial charge is 0.368 e. The number of hydrogen-bond acceptors (Lipinski definition) is 3. The minimum atomic E-state index is -0.482. The second-order valence-electron chi connectivity index (χ2n) is 5.39. The summed E-state index contributed by atoms with van der Waals surface area (Å²) in [5.74, 6) is -0.384.